The Morgan fingerprint density at radius 3 is 2.93 bits per heavy atom. The molecule has 0 atom stereocenters. The summed E-state index contributed by atoms with van der Waals surface area (Å²) in [5, 5.41) is 19.8. The molecule has 1 aliphatic rings. The first kappa shape index (κ1) is 17.5. The van der Waals surface area contributed by atoms with Gasteiger partial charge in [0.05, 0.1) is 28.7 Å². The first-order valence-corrected chi connectivity index (χ1v) is 9.64. The van der Waals surface area contributed by atoms with E-state index < -0.39 is 0 Å². The maximum absolute atomic E-state index is 12.4. The lowest BCUT2D eigenvalue weighted by molar-refractivity contribution is 0.420. The average molecular weight is 438 g/mol. The van der Waals surface area contributed by atoms with Gasteiger partial charge in [0.15, 0.2) is 0 Å². The minimum Gasteiger partial charge on any atom is -0.493 e. The molecule has 1 aliphatic heterocycles. The van der Waals surface area contributed by atoms with E-state index in [0.29, 0.717) is 16.0 Å². The minimum absolute atomic E-state index is 0.109. The van der Waals surface area contributed by atoms with Crippen LogP contribution in [0.2, 0.25) is 0 Å². The molecule has 2 heterocycles. The van der Waals surface area contributed by atoms with E-state index >= 15 is 0 Å². The van der Waals surface area contributed by atoms with Crippen LogP contribution in [-0.4, -0.2) is 15.9 Å². The molecule has 132 valence electrons. The number of nitrogens with zero attached hydrogens (tertiary/aromatic N) is 3. The van der Waals surface area contributed by atoms with E-state index in [2.05, 4.69) is 27.0 Å². The largest absolute Gasteiger partial charge is 0.493 e. The van der Waals surface area contributed by atoms with Crippen LogP contribution >= 0.6 is 27.3 Å². The summed E-state index contributed by atoms with van der Waals surface area (Å²) in [5.74, 6) is -0.109. The van der Waals surface area contributed by atoms with Crippen molar-refractivity contribution < 1.29 is 5.11 Å². The number of rotatable bonds is 3. The summed E-state index contributed by atoms with van der Waals surface area (Å²) in [7, 11) is 0. The molecule has 0 fully saturated rings. The van der Waals surface area contributed by atoms with Crippen LogP contribution in [-0.2, 0) is 6.54 Å². The average Bonchev–Trinajstić information content (AvgIpc) is 3.18. The Balaban J connectivity index is 1.73. The van der Waals surface area contributed by atoms with E-state index in [9.17, 15) is 15.2 Å². The van der Waals surface area contributed by atoms with Crippen molar-refractivity contribution in [2.24, 2.45) is 4.99 Å². The van der Waals surface area contributed by atoms with Crippen molar-refractivity contribution in [3.63, 3.8) is 0 Å². The van der Waals surface area contributed by atoms with E-state index in [1.54, 1.807) is 36.6 Å². The number of thiazole rings is 1. The third-order valence-electron chi connectivity index (χ3n) is 4.26. The summed E-state index contributed by atoms with van der Waals surface area (Å²) >= 11 is 4.41. The lowest BCUT2D eigenvalue weighted by Crippen LogP contribution is -2.14. The molecule has 0 bridgehead atoms. The maximum atomic E-state index is 12.4. The molecule has 27 heavy (non-hydrogen) atoms. The van der Waals surface area contributed by atoms with Crippen LogP contribution in [0.25, 0.3) is 11.6 Å². The van der Waals surface area contributed by atoms with Crippen molar-refractivity contribution in [1.82, 2.24) is 4.57 Å². The second-order valence-electron chi connectivity index (χ2n) is 5.93. The molecule has 3 aromatic rings. The number of fused-ring (bicyclic) bond motifs is 1. The molecule has 1 N–H and O–H groups in total. The normalized spacial score (nSPS) is 13.7. The first-order chi connectivity index (χ1) is 13.1. The molecule has 0 spiro atoms. The van der Waals surface area contributed by atoms with Crippen LogP contribution in [0.3, 0.4) is 0 Å². The Morgan fingerprint density at radius 1 is 1.30 bits per heavy atom. The number of aromatic nitrogens is 1. The van der Waals surface area contributed by atoms with Gasteiger partial charge in [0.25, 0.3) is 0 Å². The van der Waals surface area contributed by atoms with Gasteiger partial charge in [-0.05, 0) is 35.9 Å². The highest BCUT2D eigenvalue weighted by Crippen LogP contribution is 2.36. The Bertz CT molecular complexity index is 1210. The molecule has 0 radical (unpaired) electrons. The zero-order valence-corrected chi connectivity index (χ0v) is 16.3. The quantitative estimate of drug-likeness (QED) is 0.652. The van der Waals surface area contributed by atoms with Gasteiger partial charge in [-0.2, -0.15) is 5.26 Å². The van der Waals surface area contributed by atoms with Crippen molar-refractivity contribution in [1.29, 1.82) is 5.26 Å². The number of aromatic hydroxyl groups is 1. The highest BCUT2D eigenvalue weighted by atomic mass is 79.9. The molecular formula is C20H12BrN3O2S. The molecule has 1 aromatic heterocycles. The number of hydrogen-bond acceptors (Lipinski definition) is 5. The molecular weight excluding hydrogens is 426 g/mol. The van der Waals surface area contributed by atoms with Crippen LogP contribution in [0.1, 0.15) is 21.6 Å². The molecule has 7 heteroatoms. The molecule has 5 nitrogen and oxygen atoms in total. The van der Waals surface area contributed by atoms with E-state index in [0.717, 1.165) is 32.6 Å². The van der Waals surface area contributed by atoms with Crippen molar-refractivity contribution in [2.45, 2.75) is 6.54 Å². The molecule has 0 aliphatic carbocycles. The van der Waals surface area contributed by atoms with Crippen LogP contribution in [0.4, 0.5) is 5.69 Å². The third kappa shape index (κ3) is 3.25. The smallest absolute Gasteiger partial charge is 0.310 e. The number of nitriles is 1. The highest BCUT2D eigenvalue weighted by Gasteiger charge is 2.17. The molecule has 0 unspecified atom stereocenters. The second-order valence-corrected chi connectivity index (χ2v) is 7.84. The fraction of sp³-hybridized carbons (Fsp3) is 0.0500. The first-order valence-electron chi connectivity index (χ1n) is 8.03. The molecule has 0 amide bonds. The number of aliphatic imine (C=N–C) groups is 1. The van der Waals surface area contributed by atoms with Crippen LogP contribution in [0, 0.1) is 11.3 Å². The summed E-state index contributed by atoms with van der Waals surface area (Å²) in [6, 6.07) is 14.9. The zero-order chi connectivity index (χ0) is 19.0. The monoisotopic (exact) mass is 437 g/mol. The lowest BCUT2D eigenvalue weighted by Gasteiger charge is -2.06. The molecule has 2 aromatic carbocycles. The maximum Gasteiger partial charge on any atom is 0.310 e. The van der Waals surface area contributed by atoms with Gasteiger partial charge in [0.1, 0.15) is 0 Å². The van der Waals surface area contributed by atoms with Crippen molar-refractivity contribution in [3.8, 4) is 11.9 Å². The topological polar surface area (TPSA) is 78.4 Å². The highest BCUT2D eigenvalue weighted by molar-refractivity contribution is 9.10. The summed E-state index contributed by atoms with van der Waals surface area (Å²) in [6.07, 6.45) is 3.48. The predicted molar refractivity (Wildman–Crippen MR) is 111 cm³/mol. The Morgan fingerprint density at radius 2 is 2.11 bits per heavy atom. The van der Waals surface area contributed by atoms with Crippen LogP contribution < -0.4 is 4.87 Å². The summed E-state index contributed by atoms with van der Waals surface area (Å²) in [4.78, 5) is 16.9. The van der Waals surface area contributed by atoms with Gasteiger partial charge in [-0.3, -0.25) is 14.4 Å². The molecule has 0 saturated carbocycles. The summed E-state index contributed by atoms with van der Waals surface area (Å²) < 4.78 is 2.21. The second kappa shape index (κ2) is 6.99. The predicted octanol–water partition coefficient (Wildman–Crippen LogP) is 4.55. The van der Waals surface area contributed by atoms with Crippen molar-refractivity contribution in [2.75, 3.05) is 0 Å². The van der Waals surface area contributed by atoms with Gasteiger partial charge >= 0.3 is 4.87 Å². The third-order valence-corrected chi connectivity index (χ3v) is 5.67. The van der Waals surface area contributed by atoms with Gasteiger partial charge in [0, 0.05) is 21.8 Å². The van der Waals surface area contributed by atoms with Crippen LogP contribution in [0.5, 0.6) is 5.88 Å². The number of halogens is 1. The van der Waals surface area contributed by atoms with Crippen LogP contribution in [0.15, 0.2) is 56.7 Å². The minimum atomic E-state index is -0.281. The standard InChI is InChI=1S/C20H12BrN3O2S/c21-15-5-6-17-16(8-15)14(10-23-17)7-18-19(25)24(20(26)27-18)11-13-4-2-1-3-12(13)9-22/h1-8,10,25H,11H2. The molecule has 4 rings (SSSR count). The molecule has 0 saturated heterocycles. The number of benzene rings is 2. The lowest BCUT2D eigenvalue weighted by atomic mass is 10.1. The number of allylic oxidation sites excluding steroid dienone is 1. The van der Waals surface area contributed by atoms with Crippen molar-refractivity contribution >= 4 is 50.8 Å². The van der Waals surface area contributed by atoms with Gasteiger partial charge in [0.2, 0.25) is 5.88 Å². The van der Waals surface area contributed by atoms with E-state index in [1.165, 1.54) is 4.57 Å². The summed E-state index contributed by atoms with van der Waals surface area (Å²) in [5.41, 5.74) is 3.78. The summed E-state index contributed by atoms with van der Waals surface area (Å²) in [6.45, 7) is 0.143. The number of hydrogen-bond donors (Lipinski definition) is 1. The van der Waals surface area contributed by atoms with Crippen molar-refractivity contribution in [3.05, 3.63) is 78.2 Å². The fourth-order valence-corrected chi connectivity index (χ4v) is 4.10. The van der Waals surface area contributed by atoms with E-state index in [1.807, 2.05) is 18.2 Å². The Labute approximate surface area is 167 Å². The van der Waals surface area contributed by atoms with Gasteiger partial charge in [-0.25, -0.2) is 0 Å². The zero-order valence-electron chi connectivity index (χ0n) is 13.9. The van der Waals surface area contributed by atoms with Gasteiger partial charge < -0.3 is 5.11 Å². The Kier molecular flexibility index (Phi) is 4.52. The van der Waals surface area contributed by atoms with E-state index in [-0.39, 0.29) is 17.3 Å². The SMILES string of the molecule is N#Cc1ccccc1Cn1c(O)c(C=C2C=Nc3ccc(Br)cc32)sc1=O. The fourth-order valence-electron chi connectivity index (χ4n) is 2.90. The van der Waals surface area contributed by atoms with Gasteiger partial charge in [-0.15, -0.1) is 0 Å². The van der Waals surface area contributed by atoms with Gasteiger partial charge in [-0.1, -0.05) is 45.5 Å². The van der Waals surface area contributed by atoms with E-state index in [4.69, 9.17) is 0 Å². The Hall–Kier alpha value is -2.95.